The average Bonchev–Trinajstić information content (AvgIpc) is 3.29. The number of fused-ring (bicyclic) bond motifs is 1. The van der Waals surface area contributed by atoms with Crippen molar-refractivity contribution in [3.05, 3.63) is 0 Å². The molecule has 6 atom stereocenters. The van der Waals surface area contributed by atoms with E-state index in [2.05, 4.69) is 50.3 Å². The van der Waals surface area contributed by atoms with Crippen LogP contribution in [0.15, 0.2) is 0 Å². The number of piperidine rings is 1. The van der Waals surface area contributed by atoms with Crippen LogP contribution >= 0.6 is 22.6 Å². The van der Waals surface area contributed by atoms with E-state index in [1.54, 1.807) is 25.7 Å². The molecule has 11 heteroatoms. The van der Waals surface area contributed by atoms with Crippen LogP contribution in [0.25, 0.3) is 0 Å². The molecule has 0 aromatic carbocycles. The highest BCUT2D eigenvalue weighted by Crippen LogP contribution is 2.65. The summed E-state index contributed by atoms with van der Waals surface area (Å²) in [5.41, 5.74) is -1.42. The lowest BCUT2D eigenvalue weighted by Crippen LogP contribution is -2.51. The molecule has 306 valence electrons. The first-order chi connectivity index (χ1) is 24.0. The monoisotopic (exact) mass is 876 g/mol. The molecule has 0 N–H and O–H groups in total. The summed E-state index contributed by atoms with van der Waals surface area (Å²) >= 11 is 2.41. The fourth-order valence-corrected chi connectivity index (χ4v) is 9.45. The van der Waals surface area contributed by atoms with Gasteiger partial charge in [-0.15, -0.1) is 0 Å². The van der Waals surface area contributed by atoms with E-state index < -0.39 is 50.4 Å². The van der Waals surface area contributed by atoms with Gasteiger partial charge in [-0.05, 0) is 74.0 Å². The highest BCUT2D eigenvalue weighted by Gasteiger charge is 2.69. The van der Waals surface area contributed by atoms with Crippen LogP contribution < -0.4 is 0 Å². The molecule has 3 aliphatic rings. The Bertz CT molecular complexity index is 1430. The zero-order valence-corrected chi connectivity index (χ0v) is 38.5. The first-order valence-corrected chi connectivity index (χ1v) is 22.8. The third-order valence-electron chi connectivity index (χ3n) is 12.0. The SMILES string of the molecule is CCC(C)I.CN(C(C)(C)C)S(=O)(=O)CCCC(=O)C(=O)C(CC(=O)[C@@H]1[C@@H]2[C@H](CN1C(=O)[C@@H](CC(=O)CC(C)(C)C)C(C)(C)C)C2(C)C)CC1CCC1. The molecule has 3 rings (SSSR count). The Hall–Kier alpha value is -1.21. The molecule has 0 spiro atoms. The molecule has 0 bridgehead atoms. The Balaban J connectivity index is 0.00000181. The van der Waals surface area contributed by atoms with Gasteiger partial charge in [-0.3, -0.25) is 24.0 Å². The lowest BCUT2D eigenvalue weighted by atomic mass is 9.74. The van der Waals surface area contributed by atoms with Gasteiger partial charge in [-0.25, -0.2) is 8.42 Å². The molecule has 2 unspecified atom stereocenters. The summed E-state index contributed by atoms with van der Waals surface area (Å²) in [7, 11) is -2.10. The number of sulfonamides is 1. The second-order valence-corrected chi connectivity index (χ2v) is 24.5. The van der Waals surface area contributed by atoms with E-state index in [1.807, 2.05) is 41.5 Å². The van der Waals surface area contributed by atoms with E-state index in [1.165, 1.54) is 17.8 Å². The fraction of sp³-hybridized carbons (Fsp3) is 0.881. The van der Waals surface area contributed by atoms with Crippen LogP contribution in [0.4, 0.5) is 0 Å². The van der Waals surface area contributed by atoms with Crippen LogP contribution in [0.1, 0.15) is 154 Å². The van der Waals surface area contributed by atoms with Crippen LogP contribution in [0.5, 0.6) is 0 Å². The number of Topliss-reactive ketones (excluding diaryl/α,β-unsaturated/α-hetero) is 4. The molecule has 1 aliphatic heterocycles. The molecule has 9 nitrogen and oxygen atoms in total. The second-order valence-electron chi connectivity index (χ2n) is 20.2. The van der Waals surface area contributed by atoms with Gasteiger partial charge >= 0.3 is 0 Å². The second kappa shape index (κ2) is 18.4. The summed E-state index contributed by atoms with van der Waals surface area (Å²) in [6.07, 6.45) is 4.92. The highest BCUT2D eigenvalue weighted by atomic mass is 127. The number of nitrogens with zero attached hydrogens (tertiary/aromatic N) is 2. The molecule has 3 fully saturated rings. The summed E-state index contributed by atoms with van der Waals surface area (Å²) in [6.45, 7) is 26.4. The van der Waals surface area contributed by atoms with Crippen molar-refractivity contribution in [1.82, 2.24) is 9.21 Å². The van der Waals surface area contributed by atoms with E-state index in [0.717, 1.165) is 23.2 Å². The Morgan fingerprint density at radius 1 is 0.943 bits per heavy atom. The number of hydrogen-bond donors (Lipinski definition) is 0. The zero-order valence-electron chi connectivity index (χ0n) is 35.6. The number of rotatable bonds is 17. The number of hydrogen-bond acceptors (Lipinski definition) is 7. The van der Waals surface area contributed by atoms with Gasteiger partial charge in [-0.1, -0.05) is 111 Å². The van der Waals surface area contributed by atoms with E-state index in [4.69, 9.17) is 0 Å². The van der Waals surface area contributed by atoms with Crippen molar-refractivity contribution >= 4 is 61.7 Å². The van der Waals surface area contributed by atoms with E-state index in [0.29, 0.717) is 19.4 Å². The average molecular weight is 877 g/mol. The number of halogens is 1. The number of amides is 1. The number of ketones is 4. The first kappa shape index (κ1) is 47.9. The summed E-state index contributed by atoms with van der Waals surface area (Å²) < 4.78 is 27.7. The lowest BCUT2D eigenvalue weighted by molar-refractivity contribution is -0.148. The maximum absolute atomic E-state index is 14.3. The Kier molecular flexibility index (Phi) is 16.6. The minimum atomic E-state index is -3.61. The molecule has 0 aromatic heterocycles. The third kappa shape index (κ3) is 13.5. The summed E-state index contributed by atoms with van der Waals surface area (Å²) in [5.74, 6) is -2.75. The van der Waals surface area contributed by atoms with E-state index in [-0.39, 0.29) is 77.5 Å². The van der Waals surface area contributed by atoms with Gasteiger partial charge in [0.25, 0.3) is 0 Å². The summed E-state index contributed by atoms with van der Waals surface area (Å²) in [4.78, 5) is 70.3. The van der Waals surface area contributed by atoms with Crippen molar-refractivity contribution in [2.24, 2.45) is 45.8 Å². The van der Waals surface area contributed by atoms with Gasteiger partial charge in [0.05, 0.1) is 11.8 Å². The van der Waals surface area contributed by atoms with Crippen LogP contribution in [0.3, 0.4) is 0 Å². The number of likely N-dealkylation sites (tertiary alicyclic amines) is 1. The van der Waals surface area contributed by atoms with Crippen molar-refractivity contribution in [2.75, 3.05) is 19.3 Å². The van der Waals surface area contributed by atoms with Crippen molar-refractivity contribution in [1.29, 1.82) is 0 Å². The van der Waals surface area contributed by atoms with Crippen LogP contribution in [0.2, 0.25) is 0 Å². The number of carbonyl (C=O) groups excluding carboxylic acids is 5. The molecule has 53 heavy (non-hydrogen) atoms. The molecule has 2 aliphatic carbocycles. The summed E-state index contributed by atoms with van der Waals surface area (Å²) in [5, 5.41) is 0. The normalized spacial score (nSPS) is 23.2. The van der Waals surface area contributed by atoms with Crippen molar-refractivity contribution < 1.29 is 32.4 Å². The predicted molar refractivity (Wildman–Crippen MR) is 222 cm³/mol. The zero-order chi connectivity index (χ0) is 41.1. The lowest BCUT2D eigenvalue weighted by Gasteiger charge is -2.38. The smallest absolute Gasteiger partial charge is 0.227 e. The predicted octanol–water partition coefficient (Wildman–Crippen LogP) is 8.49. The van der Waals surface area contributed by atoms with E-state index >= 15 is 0 Å². The van der Waals surface area contributed by atoms with Crippen LogP contribution in [0, 0.1) is 45.8 Å². The van der Waals surface area contributed by atoms with Gasteiger partial charge in [0.2, 0.25) is 21.7 Å². The standard InChI is InChI=1S/C38H64N2O7S.C4H9I/c1-35(2,3)22-26(41)21-27(36(4,5)6)34(45)40-23-28-31(38(28,10)11)32(40)30(43)20-25(19-24-15-13-16-24)33(44)29(42)17-14-18-48(46,47)39(12)37(7,8)9;1-3-4(2)5/h24-25,27-28,31-32H,13-23H2,1-12H3;4H,3H2,1-2H3/t25?,27-,28+,31+,32-;/m1./s1. The minimum Gasteiger partial charge on any atom is -0.332 e. The molecule has 2 saturated carbocycles. The van der Waals surface area contributed by atoms with Crippen LogP contribution in [-0.4, -0.2) is 81.5 Å². The number of carbonyl (C=O) groups is 5. The molecule has 0 radical (unpaired) electrons. The Morgan fingerprint density at radius 2 is 1.49 bits per heavy atom. The topological polar surface area (TPSA) is 126 Å². The van der Waals surface area contributed by atoms with Gasteiger partial charge in [0.15, 0.2) is 11.6 Å². The minimum absolute atomic E-state index is 0.0278. The van der Waals surface area contributed by atoms with Gasteiger partial charge in [0, 0.05) is 60.6 Å². The van der Waals surface area contributed by atoms with Crippen molar-refractivity contribution in [3.63, 3.8) is 0 Å². The fourth-order valence-electron chi connectivity index (χ4n) is 7.84. The van der Waals surface area contributed by atoms with Crippen LogP contribution in [-0.2, 0) is 34.0 Å². The maximum Gasteiger partial charge on any atom is 0.227 e. The Labute approximate surface area is 336 Å². The largest absolute Gasteiger partial charge is 0.332 e. The molecule has 1 saturated heterocycles. The number of alkyl halides is 1. The Morgan fingerprint density at radius 3 is 1.92 bits per heavy atom. The summed E-state index contributed by atoms with van der Waals surface area (Å²) in [6, 6.07) is -0.690. The quantitative estimate of drug-likeness (QED) is 0.0816. The maximum atomic E-state index is 14.3. The van der Waals surface area contributed by atoms with Gasteiger partial charge in [-0.2, -0.15) is 4.31 Å². The molecular weight excluding hydrogens is 803 g/mol. The first-order valence-electron chi connectivity index (χ1n) is 20.0. The van der Waals surface area contributed by atoms with Crippen molar-refractivity contribution in [2.45, 2.75) is 170 Å². The third-order valence-corrected chi connectivity index (χ3v) is 15.1. The van der Waals surface area contributed by atoms with Crippen molar-refractivity contribution in [3.8, 4) is 0 Å². The molecule has 1 heterocycles. The molecular formula is C42H73IN2O7S. The van der Waals surface area contributed by atoms with E-state index in [9.17, 15) is 32.4 Å². The molecule has 1 amide bonds. The molecule has 0 aromatic rings. The van der Waals surface area contributed by atoms with Gasteiger partial charge in [0.1, 0.15) is 5.78 Å². The van der Waals surface area contributed by atoms with Gasteiger partial charge < -0.3 is 4.90 Å². The highest BCUT2D eigenvalue weighted by molar-refractivity contribution is 14.1.